The Bertz CT molecular complexity index is 1180. The summed E-state index contributed by atoms with van der Waals surface area (Å²) in [5.41, 5.74) is 3.83. The Balaban J connectivity index is 1.45. The van der Waals surface area contributed by atoms with Crippen molar-refractivity contribution in [3.8, 4) is 18.4 Å². The predicted molar refractivity (Wildman–Crippen MR) is 131 cm³/mol. The first-order valence-electron chi connectivity index (χ1n) is 11.2. The molecule has 0 spiro atoms. The van der Waals surface area contributed by atoms with Crippen LogP contribution in [0, 0.1) is 23.7 Å². The molecule has 0 unspecified atom stereocenters. The molecule has 5 nitrogen and oxygen atoms in total. The van der Waals surface area contributed by atoms with Crippen LogP contribution in [0.5, 0.6) is 0 Å². The molecule has 1 heterocycles. The van der Waals surface area contributed by atoms with Gasteiger partial charge in [0.1, 0.15) is 6.54 Å². The first-order valence-corrected chi connectivity index (χ1v) is 11.2. The van der Waals surface area contributed by atoms with E-state index in [2.05, 4.69) is 12.0 Å². The van der Waals surface area contributed by atoms with Gasteiger partial charge in [0.05, 0.1) is 11.6 Å². The molecule has 3 aromatic rings. The van der Waals surface area contributed by atoms with Gasteiger partial charge in [0.2, 0.25) is 5.91 Å². The van der Waals surface area contributed by atoms with Crippen LogP contribution in [-0.4, -0.2) is 47.8 Å². The van der Waals surface area contributed by atoms with E-state index in [1.165, 1.54) is 4.90 Å². The second-order valence-corrected chi connectivity index (χ2v) is 8.43. The minimum Gasteiger partial charge on any atom is -0.340 e. The number of terminal acetylenes is 1. The molecule has 0 radical (unpaired) electrons. The largest absolute Gasteiger partial charge is 0.340 e. The second kappa shape index (κ2) is 10.5. The summed E-state index contributed by atoms with van der Waals surface area (Å²) in [5, 5.41) is 8.96. The maximum Gasteiger partial charge on any atom is 0.298 e. The quantitative estimate of drug-likeness (QED) is 0.518. The molecule has 3 aromatic carbocycles. The van der Waals surface area contributed by atoms with E-state index in [0.29, 0.717) is 25.2 Å². The number of hydrogen-bond donors (Lipinski definition) is 0. The van der Waals surface area contributed by atoms with E-state index >= 15 is 0 Å². The third kappa shape index (κ3) is 5.17. The van der Waals surface area contributed by atoms with Crippen molar-refractivity contribution in [2.24, 2.45) is 0 Å². The monoisotopic (exact) mass is 447 g/mol. The van der Waals surface area contributed by atoms with Crippen molar-refractivity contribution in [3.05, 3.63) is 107 Å². The van der Waals surface area contributed by atoms with Gasteiger partial charge in [-0.15, -0.1) is 6.42 Å². The molecule has 34 heavy (non-hydrogen) atoms. The average molecular weight is 448 g/mol. The van der Waals surface area contributed by atoms with Gasteiger partial charge in [-0.1, -0.05) is 72.8 Å². The zero-order valence-corrected chi connectivity index (χ0v) is 18.8. The molecule has 0 N–H and O–H groups in total. The lowest BCUT2D eigenvalue weighted by atomic mass is 9.90. The van der Waals surface area contributed by atoms with Crippen LogP contribution in [0.4, 0.5) is 0 Å². The summed E-state index contributed by atoms with van der Waals surface area (Å²) in [7, 11) is 0. The van der Waals surface area contributed by atoms with Crippen molar-refractivity contribution >= 4 is 11.8 Å². The Kier molecular flexibility index (Phi) is 7.06. The van der Waals surface area contributed by atoms with Crippen molar-refractivity contribution in [3.63, 3.8) is 0 Å². The molecule has 2 amide bonds. The van der Waals surface area contributed by atoms with E-state index in [1.807, 2.05) is 72.8 Å². The van der Waals surface area contributed by atoms with E-state index in [1.54, 1.807) is 17.0 Å². The summed E-state index contributed by atoms with van der Waals surface area (Å²) in [6, 6.07) is 29.4. The standard InChI is InChI=1S/C29H25N3O2/c1-2-28(33)32(20-27(24-9-5-3-6-10-24)25-11-7-4-8-12-25)21-29(34)31-18-26(19-31)23-15-13-22(17-30)14-16-23/h1,3-16,26-27H,18-21H2. The smallest absolute Gasteiger partial charge is 0.298 e. The Morgan fingerprint density at radius 3 is 2.00 bits per heavy atom. The molecule has 1 fully saturated rings. The van der Waals surface area contributed by atoms with Gasteiger partial charge >= 0.3 is 0 Å². The lowest BCUT2D eigenvalue weighted by molar-refractivity contribution is -0.141. The minimum atomic E-state index is -0.491. The van der Waals surface area contributed by atoms with Gasteiger partial charge in [0.15, 0.2) is 0 Å². The number of likely N-dealkylation sites (tertiary alicyclic amines) is 1. The van der Waals surface area contributed by atoms with Crippen LogP contribution in [0.25, 0.3) is 0 Å². The fraction of sp³-hybridized carbons (Fsp3) is 0.207. The van der Waals surface area contributed by atoms with Gasteiger partial charge in [-0.25, -0.2) is 0 Å². The maximum atomic E-state index is 13.0. The number of amides is 2. The molecular formula is C29H25N3O2. The number of nitrogens with zero attached hydrogens (tertiary/aromatic N) is 3. The molecule has 0 aliphatic carbocycles. The van der Waals surface area contributed by atoms with Crippen LogP contribution >= 0.6 is 0 Å². The van der Waals surface area contributed by atoms with Crippen LogP contribution in [0.3, 0.4) is 0 Å². The van der Waals surface area contributed by atoms with E-state index in [-0.39, 0.29) is 24.3 Å². The van der Waals surface area contributed by atoms with E-state index < -0.39 is 5.91 Å². The summed E-state index contributed by atoms with van der Waals surface area (Å²) >= 11 is 0. The Morgan fingerprint density at radius 1 is 0.941 bits per heavy atom. The van der Waals surface area contributed by atoms with Crippen LogP contribution in [-0.2, 0) is 9.59 Å². The van der Waals surface area contributed by atoms with Gasteiger partial charge < -0.3 is 9.80 Å². The summed E-state index contributed by atoms with van der Waals surface area (Å²) in [6.45, 7) is 1.43. The number of benzene rings is 3. The maximum absolute atomic E-state index is 13.0. The van der Waals surface area contributed by atoms with Gasteiger partial charge in [-0.3, -0.25) is 9.59 Å². The van der Waals surface area contributed by atoms with Gasteiger partial charge in [0, 0.05) is 31.5 Å². The van der Waals surface area contributed by atoms with Crippen LogP contribution in [0.2, 0.25) is 0 Å². The lowest BCUT2D eigenvalue weighted by Gasteiger charge is -2.40. The van der Waals surface area contributed by atoms with Gasteiger partial charge in [-0.2, -0.15) is 5.26 Å². The van der Waals surface area contributed by atoms with Crippen molar-refractivity contribution in [2.75, 3.05) is 26.2 Å². The molecule has 0 aromatic heterocycles. The fourth-order valence-electron chi connectivity index (χ4n) is 4.29. The van der Waals surface area contributed by atoms with Crippen molar-refractivity contribution in [1.29, 1.82) is 5.26 Å². The molecular weight excluding hydrogens is 422 g/mol. The summed E-state index contributed by atoms with van der Waals surface area (Å²) < 4.78 is 0. The van der Waals surface area contributed by atoms with E-state index in [4.69, 9.17) is 11.7 Å². The first kappa shape index (κ1) is 22.8. The lowest BCUT2D eigenvalue weighted by Crippen LogP contribution is -2.52. The molecule has 0 saturated carbocycles. The number of hydrogen-bond acceptors (Lipinski definition) is 3. The molecule has 0 atom stereocenters. The third-order valence-electron chi connectivity index (χ3n) is 6.29. The van der Waals surface area contributed by atoms with Crippen molar-refractivity contribution in [1.82, 2.24) is 9.80 Å². The number of carbonyl (C=O) groups excluding carboxylic acids is 2. The van der Waals surface area contributed by atoms with Crippen molar-refractivity contribution in [2.45, 2.75) is 11.8 Å². The minimum absolute atomic E-state index is 0.0563. The average Bonchev–Trinajstić information content (AvgIpc) is 2.86. The van der Waals surface area contributed by atoms with E-state index in [9.17, 15) is 9.59 Å². The summed E-state index contributed by atoms with van der Waals surface area (Å²) in [5.74, 6) is 1.71. The Hall–Kier alpha value is -4.35. The van der Waals surface area contributed by atoms with Gasteiger partial charge in [-0.05, 0) is 34.7 Å². The Morgan fingerprint density at radius 2 is 1.50 bits per heavy atom. The number of rotatable bonds is 7. The molecule has 1 saturated heterocycles. The topological polar surface area (TPSA) is 64.4 Å². The van der Waals surface area contributed by atoms with E-state index in [0.717, 1.165) is 16.7 Å². The first-order chi connectivity index (χ1) is 16.6. The highest BCUT2D eigenvalue weighted by Crippen LogP contribution is 2.29. The predicted octanol–water partition coefficient (Wildman–Crippen LogP) is 3.78. The Labute approximate surface area is 200 Å². The van der Waals surface area contributed by atoms with Crippen LogP contribution in [0.15, 0.2) is 84.9 Å². The zero-order chi connectivity index (χ0) is 23.9. The summed E-state index contributed by atoms with van der Waals surface area (Å²) in [4.78, 5) is 28.8. The molecule has 1 aliphatic heterocycles. The second-order valence-electron chi connectivity index (χ2n) is 8.43. The molecule has 4 rings (SSSR count). The summed E-state index contributed by atoms with van der Waals surface area (Å²) in [6.07, 6.45) is 5.46. The highest BCUT2D eigenvalue weighted by molar-refractivity contribution is 5.95. The van der Waals surface area contributed by atoms with Crippen molar-refractivity contribution < 1.29 is 9.59 Å². The highest BCUT2D eigenvalue weighted by Gasteiger charge is 2.33. The zero-order valence-electron chi connectivity index (χ0n) is 18.8. The fourth-order valence-corrected chi connectivity index (χ4v) is 4.29. The van der Waals surface area contributed by atoms with Gasteiger partial charge in [0.25, 0.3) is 5.91 Å². The molecule has 5 heteroatoms. The third-order valence-corrected chi connectivity index (χ3v) is 6.29. The SMILES string of the molecule is C#CC(=O)N(CC(=O)N1CC(c2ccc(C#N)cc2)C1)CC(c1ccccc1)c1ccccc1. The van der Waals surface area contributed by atoms with Crippen LogP contribution in [0.1, 0.15) is 34.1 Å². The normalized spacial score (nSPS) is 13.0. The molecule has 168 valence electrons. The molecule has 1 aliphatic rings. The highest BCUT2D eigenvalue weighted by atomic mass is 16.2. The van der Waals surface area contributed by atoms with Crippen LogP contribution < -0.4 is 0 Å². The number of carbonyl (C=O) groups is 2. The number of nitriles is 1. The molecule has 0 bridgehead atoms.